The predicted molar refractivity (Wildman–Crippen MR) is 138 cm³/mol. The fourth-order valence-electron chi connectivity index (χ4n) is 4.60. The van der Waals surface area contributed by atoms with E-state index in [0.29, 0.717) is 10.1 Å². The van der Waals surface area contributed by atoms with Crippen LogP contribution in [0.2, 0.25) is 0 Å². The van der Waals surface area contributed by atoms with Gasteiger partial charge in [0.2, 0.25) is 11.8 Å². The summed E-state index contributed by atoms with van der Waals surface area (Å²) < 4.78 is 10.6. The molecule has 0 radical (unpaired) electrons. The third-order valence-corrected chi connectivity index (χ3v) is 7.02. The Balaban J connectivity index is 1.95. The number of nitrogens with two attached hydrogens (primary N) is 2. The van der Waals surface area contributed by atoms with Gasteiger partial charge in [0, 0.05) is 12.7 Å². The molecule has 43 heavy (non-hydrogen) atoms. The van der Waals surface area contributed by atoms with Crippen molar-refractivity contribution in [2.75, 3.05) is 13.2 Å². The number of aliphatic hydroxyl groups excluding tert-OH is 5. The maximum atomic E-state index is 13.6. The molecule has 1 aromatic heterocycles. The second kappa shape index (κ2) is 13.4. The first-order valence-corrected chi connectivity index (χ1v) is 12.6. The van der Waals surface area contributed by atoms with Crippen LogP contribution < -0.4 is 28.0 Å². The molecular weight excluding hydrogens is 584 g/mol. The van der Waals surface area contributed by atoms with E-state index in [2.05, 4.69) is 10.1 Å². The number of amides is 3. The van der Waals surface area contributed by atoms with Crippen LogP contribution >= 0.6 is 0 Å². The fourth-order valence-corrected chi connectivity index (χ4v) is 4.60. The molecular formula is C23H32N6O14. The third kappa shape index (κ3) is 6.74. The van der Waals surface area contributed by atoms with Crippen LogP contribution in [0.1, 0.15) is 18.7 Å². The third-order valence-electron chi connectivity index (χ3n) is 7.02. The van der Waals surface area contributed by atoms with E-state index in [-0.39, 0.29) is 12.1 Å². The number of aromatic nitrogens is 2. The van der Waals surface area contributed by atoms with Crippen molar-refractivity contribution in [1.82, 2.24) is 19.8 Å². The number of carboxylic acids is 1. The van der Waals surface area contributed by atoms with Gasteiger partial charge in [-0.1, -0.05) is 6.08 Å². The number of nitrogens with one attached hydrogen (secondary N) is 2. The van der Waals surface area contributed by atoms with Gasteiger partial charge in [-0.2, -0.15) is 0 Å². The van der Waals surface area contributed by atoms with Gasteiger partial charge in [-0.3, -0.25) is 23.9 Å². The zero-order valence-corrected chi connectivity index (χ0v) is 22.5. The normalized spacial score (nSPS) is 27.1. The number of primary amides is 1. The molecule has 20 heteroatoms. The van der Waals surface area contributed by atoms with E-state index in [0.717, 1.165) is 11.1 Å². The molecule has 2 aliphatic rings. The lowest BCUT2D eigenvalue weighted by molar-refractivity contribution is -0.157. The molecule has 3 amide bonds. The summed E-state index contributed by atoms with van der Waals surface area (Å²) >= 11 is 0. The number of H-pyrrole nitrogens is 1. The number of carboxylic acid groups (broad SMARTS) is 1. The van der Waals surface area contributed by atoms with Crippen LogP contribution in [0.15, 0.2) is 27.4 Å². The molecule has 3 heterocycles. The van der Waals surface area contributed by atoms with Gasteiger partial charge in [0.1, 0.15) is 49.2 Å². The van der Waals surface area contributed by atoms with Crippen molar-refractivity contribution in [3.8, 4) is 0 Å². The Bertz CT molecular complexity index is 1390. The van der Waals surface area contributed by atoms with Crippen molar-refractivity contribution in [1.29, 1.82) is 0 Å². The lowest BCUT2D eigenvalue weighted by Gasteiger charge is -2.43. The number of aromatic amines is 1. The minimum atomic E-state index is -2.09. The lowest BCUT2D eigenvalue weighted by Crippen LogP contribution is -2.67. The topological polar surface area (TPSA) is 330 Å². The minimum absolute atomic E-state index is 0.204. The van der Waals surface area contributed by atoms with E-state index >= 15 is 0 Å². The number of likely N-dealkylation sites (tertiary alicyclic amines) is 1. The molecule has 0 spiro atoms. The van der Waals surface area contributed by atoms with Crippen molar-refractivity contribution in [3.05, 3.63) is 44.2 Å². The number of ether oxygens (including phenoxy) is 2. The van der Waals surface area contributed by atoms with Gasteiger partial charge in [-0.05, 0) is 12.5 Å². The van der Waals surface area contributed by atoms with Crippen molar-refractivity contribution >= 4 is 23.9 Å². The van der Waals surface area contributed by atoms with Crippen molar-refractivity contribution in [3.63, 3.8) is 0 Å². The quantitative estimate of drug-likeness (QED) is 0.103. The monoisotopic (exact) mass is 616 g/mol. The van der Waals surface area contributed by atoms with Crippen LogP contribution in [-0.2, 0) is 30.5 Å². The zero-order chi connectivity index (χ0) is 32.3. The molecule has 0 aliphatic carbocycles. The van der Waals surface area contributed by atoms with E-state index in [1.807, 2.05) is 4.98 Å². The zero-order valence-electron chi connectivity index (χ0n) is 22.5. The Morgan fingerprint density at radius 3 is 2.44 bits per heavy atom. The standard InChI is InChI=1S/C23H32N6O14/c1-2-7-3-28(12(7)21(38)39)19(37)11(26-18(36)10(24)13(32)9(31)6-42-22(25)40)16-14(33)15(34)20(43-16)29-4-8(5-30)17(35)27-23(29)41/h2,4,9-16,20,30-34H,3,5-6,24H2,1H3,(H2,25,40)(H,26,36)(H,38,39)(H,27,35,41). The number of nitrogens with zero attached hydrogens (tertiary/aromatic N) is 2. The molecule has 2 fully saturated rings. The molecule has 12 N–H and O–H groups in total. The Kier molecular flexibility index (Phi) is 10.4. The van der Waals surface area contributed by atoms with Crippen LogP contribution in [-0.4, -0.2) is 131 Å². The first kappa shape index (κ1) is 33.3. The van der Waals surface area contributed by atoms with E-state index in [9.17, 15) is 59.4 Å². The molecule has 0 aromatic carbocycles. The highest BCUT2D eigenvalue weighted by Gasteiger charge is 2.54. The summed E-state index contributed by atoms with van der Waals surface area (Å²) in [5.41, 5.74) is 8.46. The number of allylic oxidation sites excluding steroid dienone is 1. The number of hydrogen-bond donors (Lipinski definition) is 10. The highest BCUT2D eigenvalue weighted by atomic mass is 16.6. The van der Waals surface area contributed by atoms with Crippen molar-refractivity contribution in [2.45, 2.75) is 68.4 Å². The summed E-state index contributed by atoms with van der Waals surface area (Å²) in [4.78, 5) is 76.2. The summed E-state index contributed by atoms with van der Waals surface area (Å²) in [5.74, 6) is -3.89. The van der Waals surface area contributed by atoms with Gasteiger partial charge in [0.15, 0.2) is 12.3 Å². The molecule has 1 aromatic rings. The largest absolute Gasteiger partial charge is 0.479 e. The highest BCUT2D eigenvalue weighted by molar-refractivity contribution is 5.95. The van der Waals surface area contributed by atoms with Crippen molar-refractivity contribution in [2.24, 2.45) is 11.5 Å². The molecule has 9 unspecified atom stereocenters. The highest BCUT2D eigenvalue weighted by Crippen LogP contribution is 2.33. The first-order valence-electron chi connectivity index (χ1n) is 12.6. The fraction of sp³-hybridized carbons (Fsp3) is 0.565. The molecule has 3 rings (SSSR count). The van der Waals surface area contributed by atoms with Crippen LogP contribution in [0.25, 0.3) is 0 Å². The molecule has 238 valence electrons. The number of aliphatic hydroxyl groups is 5. The van der Waals surface area contributed by atoms with Gasteiger partial charge < -0.3 is 61.8 Å². The second-order valence-corrected chi connectivity index (χ2v) is 9.72. The van der Waals surface area contributed by atoms with Crippen molar-refractivity contribution < 1.29 is 59.3 Å². The molecule has 9 atom stereocenters. The average molecular weight is 617 g/mol. The number of carbonyl (C=O) groups is 4. The van der Waals surface area contributed by atoms with Gasteiger partial charge in [-0.25, -0.2) is 14.4 Å². The van der Waals surface area contributed by atoms with Crippen LogP contribution in [0.5, 0.6) is 0 Å². The first-order chi connectivity index (χ1) is 20.1. The van der Waals surface area contributed by atoms with Crippen LogP contribution in [0.4, 0.5) is 4.79 Å². The summed E-state index contributed by atoms with van der Waals surface area (Å²) in [7, 11) is 0. The molecule has 0 bridgehead atoms. The molecule has 2 aliphatic heterocycles. The van der Waals surface area contributed by atoms with E-state index in [1.165, 1.54) is 13.0 Å². The predicted octanol–water partition coefficient (Wildman–Crippen LogP) is -6.48. The maximum Gasteiger partial charge on any atom is 0.404 e. The van der Waals surface area contributed by atoms with E-state index in [4.69, 9.17) is 16.2 Å². The van der Waals surface area contributed by atoms with Gasteiger partial charge in [0.25, 0.3) is 5.56 Å². The Morgan fingerprint density at radius 2 is 1.88 bits per heavy atom. The Labute approximate surface area is 240 Å². The SMILES string of the molecule is CC=C1CN(C(=O)C(NC(=O)C(N)C(O)C(O)COC(N)=O)C2OC(n3cc(CO)c(=O)[nH]c3=O)C(O)C2O)C1C(=O)O. The lowest BCUT2D eigenvalue weighted by atomic mass is 9.92. The Hall–Kier alpha value is -4.18. The summed E-state index contributed by atoms with van der Waals surface area (Å²) in [6.07, 6.45) is -10.7. The van der Waals surface area contributed by atoms with Gasteiger partial charge >= 0.3 is 17.8 Å². The second-order valence-electron chi connectivity index (χ2n) is 9.72. The maximum absolute atomic E-state index is 13.6. The number of carbonyl (C=O) groups excluding carboxylic acids is 3. The van der Waals surface area contributed by atoms with Crippen LogP contribution in [0, 0.1) is 0 Å². The number of aliphatic carboxylic acids is 1. The van der Waals surface area contributed by atoms with Crippen LogP contribution in [0.3, 0.4) is 0 Å². The summed E-state index contributed by atoms with van der Waals surface area (Å²) in [6.45, 7) is -0.350. The summed E-state index contributed by atoms with van der Waals surface area (Å²) in [5, 5.41) is 63.0. The van der Waals surface area contributed by atoms with E-state index in [1.54, 1.807) is 0 Å². The molecule has 2 saturated heterocycles. The Morgan fingerprint density at radius 1 is 1.23 bits per heavy atom. The van der Waals surface area contributed by atoms with Gasteiger partial charge in [-0.15, -0.1) is 0 Å². The average Bonchev–Trinajstić information content (AvgIpc) is 3.22. The number of hydrogen-bond acceptors (Lipinski definition) is 14. The minimum Gasteiger partial charge on any atom is -0.479 e. The van der Waals surface area contributed by atoms with Gasteiger partial charge in [0.05, 0.1) is 12.2 Å². The summed E-state index contributed by atoms with van der Waals surface area (Å²) in [6, 6.07) is -5.47. The molecule has 20 nitrogen and oxygen atoms in total. The van der Waals surface area contributed by atoms with E-state index < -0.39 is 103 Å². The smallest absolute Gasteiger partial charge is 0.404 e. The number of rotatable bonds is 11. The molecule has 0 saturated carbocycles.